The van der Waals surface area contributed by atoms with Crippen molar-refractivity contribution in [1.29, 1.82) is 0 Å². The first kappa shape index (κ1) is 19.3. The summed E-state index contributed by atoms with van der Waals surface area (Å²) in [4.78, 5) is 15.6. The minimum absolute atomic E-state index is 0.0186. The Morgan fingerprint density at radius 1 is 0.871 bits per heavy atom. The van der Waals surface area contributed by atoms with Gasteiger partial charge in [0.2, 0.25) is 0 Å². The number of aryl methyl sites for hydroxylation is 2. The number of hydrogen-bond acceptors (Lipinski definition) is 2. The average molecular weight is 408 g/mol. The Kier molecular flexibility index (Phi) is 4.91. The van der Waals surface area contributed by atoms with Gasteiger partial charge in [-0.25, -0.2) is 4.68 Å². The van der Waals surface area contributed by atoms with Crippen LogP contribution in [-0.4, -0.2) is 27.1 Å². The van der Waals surface area contributed by atoms with Crippen LogP contribution in [0.3, 0.4) is 0 Å². The maximum atomic E-state index is 13.7. The highest BCUT2D eigenvalue weighted by molar-refractivity contribution is 5.94. The van der Waals surface area contributed by atoms with Gasteiger partial charge in [0.25, 0.3) is 5.91 Å². The summed E-state index contributed by atoms with van der Waals surface area (Å²) in [7, 11) is 0. The standard InChI is InChI=1S/C27H25N3O/c1-19-12-13-20(2)25(16-19)30-26(17-24(28-30)22-9-4-3-5-10-22)27(31)29-15-14-21-8-6-7-11-23(21)18-29/h3-13,16-17H,14-15,18H2,1-2H3. The molecule has 1 aromatic heterocycles. The van der Waals surface area contributed by atoms with Gasteiger partial charge in [-0.2, -0.15) is 5.10 Å². The Morgan fingerprint density at radius 3 is 2.42 bits per heavy atom. The summed E-state index contributed by atoms with van der Waals surface area (Å²) in [5.41, 5.74) is 8.15. The van der Waals surface area contributed by atoms with Crippen LogP contribution in [0.2, 0.25) is 0 Å². The Bertz CT molecular complexity index is 1260. The predicted molar refractivity (Wildman–Crippen MR) is 123 cm³/mol. The highest BCUT2D eigenvalue weighted by Crippen LogP contribution is 2.27. The number of carbonyl (C=O) groups excluding carboxylic acids is 1. The highest BCUT2D eigenvalue weighted by atomic mass is 16.2. The molecule has 3 aromatic carbocycles. The lowest BCUT2D eigenvalue weighted by Crippen LogP contribution is -2.37. The zero-order valence-corrected chi connectivity index (χ0v) is 17.9. The fourth-order valence-corrected chi connectivity index (χ4v) is 4.25. The molecule has 0 saturated heterocycles. The number of fused-ring (bicyclic) bond motifs is 1. The predicted octanol–water partition coefficient (Wildman–Crippen LogP) is 5.35. The van der Waals surface area contributed by atoms with Gasteiger partial charge in [0.05, 0.1) is 11.4 Å². The van der Waals surface area contributed by atoms with E-state index in [9.17, 15) is 4.79 Å². The van der Waals surface area contributed by atoms with E-state index >= 15 is 0 Å². The lowest BCUT2D eigenvalue weighted by molar-refractivity contribution is 0.0725. The van der Waals surface area contributed by atoms with E-state index in [0.29, 0.717) is 18.8 Å². The molecule has 0 bridgehead atoms. The van der Waals surface area contributed by atoms with Gasteiger partial charge in [-0.1, -0.05) is 66.7 Å². The van der Waals surface area contributed by atoms with Crippen molar-refractivity contribution in [2.75, 3.05) is 6.54 Å². The second-order valence-corrected chi connectivity index (χ2v) is 8.23. The van der Waals surface area contributed by atoms with Gasteiger partial charge in [0.15, 0.2) is 0 Å². The van der Waals surface area contributed by atoms with E-state index in [2.05, 4.69) is 50.2 Å². The number of nitrogens with zero attached hydrogens (tertiary/aromatic N) is 3. The molecule has 0 unspecified atom stereocenters. The molecule has 4 aromatic rings. The molecule has 0 fully saturated rings. The Balaban J connectivity index is 1.59. The molecule has 0 saturated carbocycles. The summed E-state index contributed by atoms with van der Waals surface area (Å²) in [6.07, 6.45) is 0.880. The second-order valence-electron chi connectivity index (χ2n) is 8.23. The summed E-state index contributed by atoms with van der Waals surface area (Å²) in [5.74, 6) is 0.0186. The molecule has 0 atom stereocenters. The van der Waals surface area contributed by atoms with Gasteiger partial charge < -0.3 is 4.90 Å². The largest absolute Gasteiger partial charge is 0.333 e. The summed E-state index contributed by atoms with van der Waals surface area (Å²) in [6, 6.07) is 26.6. The quantitative estimate of drug-likeness (QED) is 0.459. The molecule has 1 amide bonds. The maximum Gasteiger partial charge on any atom is 0.272 e. The van der Waals surface area contributed by atoms with Crippen LogP contribution in [-0.2, 0) is 13.0 Å². The van der Waals surface area contributed by atoms with E-state index < -0.39 is 0 Å². The zero-order chi connectivity index (χ0) is 21.4. The molecule has 1 aliphatic heterocycles. The SMILES string of the molecule is Cc1ccc(C)c(-n2nc(-c3ccccc3)cc2C(=O)N2CCc3ccccc3C2)c1. The van der Waals surface area contributed by atoms with Crippen molar-refractivity contribution in [1.82, 2.24) is 14.7 Å². The number of rotatable bonds is 3. The number of hydrogen-bond donors (Lipinski definition) is 0. The van der Waals surface area contributed by atoms with E-state index in [1.807, 2.05) is 52.0 Å². The van der Waals surface area contributed by atoms with E-state index in [0.717, 1.165) is 34.5 Å². The third kappa shape index (κ3) is 3.66. The van der Waals surface area contributed by atoms with Crippen molar-refractivity contribution in [3.63, 3.8) is 0 Å². The number of carbonyl (C=O) groups is 1. The van der Waals surface area contributed by atoms with Crippen LogP contribution < -0.4 is 0 Å². The summed E-state index contributed by atoms with van der Waals surface area (Å²) < 4.78 is 1.83. The van der Waals surface area contributed by atoms with Crippen LogP contribution in [0.15, 0.2) is 78.9 Å². The molecule has 0 N–H and O–H groups in total. The molecule has 5 rings (SSSR count). The molecule has 0 radical (unpaired) electrons. The zero-order valence-electron chi connectivity index (χ0n) is 17.9. The van der Waals surface area contributed by atoms with Crippen molar-refractivity contribution in [3.8, 4) is 16.9 Å². The maximum absolute atomic E-state index is 13.7. The van der Waals surface area contributed by atoms with Gasteiger partial charge in [-0.05, 0) is 54.7 Å². The van der Waals surface area contributed by atoms with Crippen LogP contribution >= 0.6 is 0 Å². The molecule has 2 heterocycles. The summed E-state index contributed by atoms with van der Waals surface area (Å²) in [6.45, 7) is 5.47. The van der Waals surface area contributed by atoms with Crippen molar-refractivity contribution >= 4 is 5.91 Å². The van der Waals surface area contributed by atoms with Gasteiger partial charge >= 0.3 is 0 Å². The van der Waals surface area contributed by atoms with Crippen LogP contribution in [0.5, 0.6) is 0 Å². The Hall–Kier alpha value is -3.66. The van der Waals surface area contributed by atoms with Crippen LogP contribution in [0.4, 0.5) is 0 Å². The molecule has 31 heavy (non-hydrogen) atoms. The Labute approximate surface area is 182 Å². The molecule has 0 spiro atoms. The van der Waals surface area contributed by atoms with Crippen molar-refractivity contribution in [2.24, 2.45) is 0 Å². The third-order valence-corrected chi connectivity index (χ3v) is 6.01. The smallest absolute Gasteiger partial charge is 0.272 e. The fraction of sp³-hybridized carbons (Fsp3) is 0.185. The van der Waals surface area contributed by atoms with Gasteiger partial charge in [-0.3, -0.25) is 4.79 Å². The first-order chi connectivity index (χ1) is 15.1. The molecular weight excluding hydrogens is 382 g/mol. The van der Waals surface area contributed by atoms with Crippen LogP contribution in [0.1, 0.15) is 32.7 Å². The molecule has 1 aliphatic rings. The fourth-order valence-electron chi connectivity index (χ4n) is 4.25. The van der Waals surface area contributed by atoms with Gasteiger partial charge in [-0.15, -0.1) is 0 Å². The number of amides is 1. The molecule has 0 aliphatic carbocycles. The minimum atomic E-state index is 0.0186. The summed E-state index contributed by atoms with van der Waals surface area (Å²) in [5, 5.41) is 4.88. The average Bonchev–Trinajstić information content (AvgIpc) is 3.25. The Morgan fingerprint density at radius 2 is 1.61 bits per heavy atom. The third-order valence-electron chi connectivity index (χ3n) is 6.01. The van der Waals surface area contributed by atoms with E-state index in [1.54, 1.807) is 0 Å². The molecule has 154 valence electrons. The first-order valence-corrected chi connectivity index (χ1v) is 10.7. The lowest BCUT2D eigenvalue weighted by Gasteiger charge is -2.29. The molecule has 4 heteroatoms. The topological polar surface area (TPSA) is 38.1 Å². The van der Waals surface area contributed by atoms with E-state index in [4.69, 9.17) is 5.10 Å². The van der Waals surface area contributed by atoms with Crippen molar-refractivity contribution in [3.05, 3.63) is 107 Å². The van der Waals surface area contributed by atoms with Gasteiger partial charge in [0, 0.05) is 18.7 Å². The normalized spacial score (nSPS) is 13.2. The van der Waals surface area contributed by atoms with Crippen molar-refractivity contribution in [2.45, 2.75) is 26.8 Å². The minimum Gasteiger partial charge on any atom is -0.333 e. The first-order valence-electron chi connectivity index (χ1n) is 10.7. The van der Waals surface area contributed by atoms with Crippen molar-refractivity contribution < 1.29 is 4.79 Å². The highest BCUT2D eigenvalue weighted by Gasteiger charge is 2.26. The van der Waals surface area contributed by atoms with Gasteiger partial charge in [0.1, 0.15) is 5.69 Å². The van der Waals surface area contributed by atoms with E-state index in [-0.39, 0.29) is 5.91 Å². The lowest BCUT2D eigenvalue weighted by atomic mass is 9.99. The monoisotopic (exact) mass is 407 g/mol. The number of aromatic nitrogens is 2. The molecular formula is C27H25N3O. The second kappa shape index (κ2) is 7.88. The summed E-state index contributed by atoms with van der Waals surface area (Å²) >= 11 is 0. The number of benzene rings is 3. The van der Waals surface area contributed by atoms with Crippen LogP contribution in [0, 0.1) is 13.8 Å². The van der Waals surface area contributed by atoms with Crippen LogP contribution in [0.25, 0.3) is 16.9 Å². The van der Waals surface area contributed by atoms with E-state index in [1.165, 1.54) is 11.1 Å². The molecule has 4 nitrogen and oxygen atoms in total.